The van der Waals surface area contributed by atoms with Gasteiger partial charge < -0.3 is 9.63 Å². The quantitative estimate of drug-likeness (QED) is 0.698. The molecule has 3 aromatic rings. The van der Waals surface area contributed by atoms with Crippen LogP contribution in [0.4, 0.5) is 0 Å². The molecule has 1 aliphatic carbocycles. The fourth-order valence-electron chi connectivity index (χ4n) is 3.27. The summed E-state index contributed by atoms with van der Waals surface area (Å²) in [5.41, 5.74) is 4.01. The molecule has 0 amide bonds. The summed E-state index contributed by atoms with van der Waals surface area (Å²) < 4.78 is 5.26. The van der Waals surface area contributed by atoms with Crippen molar-refractivity contribution in [2.45, 2.75) is 25.2 Å². The van der Waals surface area contributed by atoms with Crippen LogP contribution in [0.1, 0.15) is 34.5 Å². The van der Waals surface area contributed by atoms with Gasteiger partial charge in [-0.2, -0.15) is 0 Å². The monoisotopic (exact) mass is 347 g/mol. The molecule has 0 spiro atoms. The van der Waals surface area contributed by atoms with E-state index in [-0.39, 0.29) is 0 Å². The average Bonchev–Trinajstić information content (AvgIpc) is 3.40. The van der Waals surface area contributed by atoms with Gasteiger partial charge >= 0.3 is 5.97 Å². The molecule has 0 atom stereocenters. The highest BCUT2D eigenvalue weighted by atomic mass is 16.5. The Hall–Kier alpha value is -3.21. The lowest BCUT2D eigenvalue weighted by Gasteiger charge is -2.11. The zero-order valence-corrected chi connectivity index (χ0v) is 14.2. The number of carboxylic acids is 1. The van der Waals surface area contributed by atoms with Crippen LogP contribution in [-0.4, -0.2) is 22.5 Å². The smallest absolute Gasteiger partial charge is 0.314 e. The summed E-state index contributed by atoms with van der Waals surface area (Å²) >= 11 is 0. The highest BCUT2D eigenvalue weighted by Gasteiger charge is 2.51. The van der Waals surface area contributed by atoms with Crippen molar-refractivity contribution < 1.29 is 19.2 Å². The van der Waals surface area contributed by atoms with Gasteiger partial charge in [-0.05, 0) is 36.5 Å². The molecule has 1 N–H and O–H groups in total. The van der Waals surface area contributed by atoms with Gasteiger partial charge in [0.1, 0.15) is 0 Å². The lowest BCUT2D eigenvalue weighted by atomic mass is 9.93. The molecule has 0 unspecified atom stereocenters. The van der Waals surface area contributed by atoms with E-state index in [0.717, 1.165) is 28.5 Å². The Balaban J connectivity index is 1.61. The van der Waals surface area contributed by atoms with Crippen LogP contribution in [0.3, 0.4) is 0 Å². The van der Waals surface area contributed by atoms with Gasteiger partial charge in [0.15, 0.2) is 12.0 Å². The van der Waals surface area contributed by atoms with Crippen LogP contribution in [0, 0.1) is 6.92 Å². The summed E-state index contributed by atoms with van der Waals surface area (Å²) in [4.78, 5) is 22.6. The number of carboxylic acid groups (broad SMARTS) is 1. The first kappa shape index (κ1) is 16.3. The van der Waals surface area contributed by atoms with Crippen LogP contribution >= 0.6 is 0 Å². The number of hydrogen-bond donors (Lipinski definition) is 1. The second-order valence-corrected chi connectivity index (χ2v) is 6.67. The number of aldehydes is 1. The predicted molar refractivity (Wildman–Crippen MR) is 96.0 cm³/mol. The van der Waals surface area contributed by atoms with Crippen LogP contribution in [0.25, 0.3) is 22.5 Å². The van der Waals surface area contributed by atoms with E-state index in [9.17, 15) is 14.7 Å². The summed E-state index contributed by atoms with van der Waals surface area (Å²) in [6, 6.07) is 15.3. The van der Waals surface area contributed by atoms with E-state index in [1.54, 1.807) is 6.92 Å². The van der Waals surface area contributed by atoms with E-state index in [1.807, 2.05) is 48.5 Å². The molecule has 0 radical (unpaired) electrons. The number of carbonyl (C=O) groups excluding carboxylic acids is 1. The number of aliphatic carboxylic acids is 1. The first-order chi connectivity index (χ1) is 12.5. The first-order valence-corrected chi connectivity index (χ1v) is 8.41. The van der Waals surface area contributed by atoms with Crippen molar-refractivity contribution in [2.24, 2.45) is 0 Å². The Morgan fingerprint density at radius 3 is 2.08 bits per heavy atom. The predicted octanol–water partition coefficient (Wildman–Crippen LogP) is 4.25. The lowest BCUT2D eigenvalue weighted by Crippen LogP contribution is -2.19. The van der Waals surface area contributed by atoms with Crippen molar-refractivity contribution in [1.29, 1.82) is 0 Å². The Labute approximate surface area is 150 Å². The van der Waals surface area contributed by atoms with Gasteiger partial charge in [0.05, 0.1) is 16.7 Å². The minimum absolute atomic E-state index is 0.463. The average molecular weight is 347 g/mol. The number of hydrogen-bond acceptors (Lipinski definition) is 4. The Morgan fingerprint density at radius 1 is 1.04 bits per heavy atom. The van der Waals surface area contributed by atoms with E-state index < -0.39 is 11.4 Å². The zero-order valence-electron chi connectivity index (χ0n) is 14.2. The maximum absolute atomic E-state index is 11.4. The summed E-state index contributed by atoms with van der Waals surface area (Å²) in [7, 11) is 0. The molecule has 2 aromatic carbocycles. The van der Waals surface area contributed by atoms with Gasteiger partial charge in [0.25, 0.3) is 0 Å². The summed E-state index contributed by atoms with van der Waals surface area (Å²) in [6.45, 7) is 1.73. The van der Waals surface area contributed by atoms with Crippen LogP contribution in [0.2, 0.25) is 0 Å². The Bertz CT molecular complexity index is 980. The number of benzene rings is 2. The van der Waals surface area contributed by atoms with Crippen molar-refractivity contribution in [1.82, 2.24) is 5.16 Å². The minimum atomic E-state index is -0.747. The lowest BCUT2D eigenvalue weighted by molar-refractivity contribution is -0.140. The van der Waals surface area contributed by atoms with Crippen molar-refractivity contribution in [3.63, 3.8) is 0 Å². The van der Waals surface area contributed by atoms with Gasteiger partial charge in [0, 0.05) is 5.56 Å². The maximum atomic E-state index is 11.4. The van der Waals surface area contributed by atoms with Gasteiger partial charge in [-0.1, -0.05) is 53.7 Å². The van der Waals surface area contributed by atoms with Crippen LogP contribution < -0.4 is 0 Å². The molecular formula is C21H17NO4. The molecule has 5 nitrogen and oxygen atoms in total. The van der Waals surface area contributed by atoms with Crippen molar-refractivity contribution in [3.8, 4) is 22.5 Å². The Morgan fingerprint density at radius 2 is 1.58 bits per heavy atom. The largest absolute Gasteiger partial charge is 0.481 e. The highest BCUT2D eigenvalue weighted by molar-refractivity contribution is 5.87. The van der Waals surface area contributed by atoms with Crippen LogP contribution in [0.15, 0.2) is 53.1 Å². The van der Waals surface area contributed by atoms with E-state index in [4.69, 9.17) is 4.52 Å². The first-order valence-electron chi connectivity index (χ1n) is 8.41. The second-order valence-electron chi connectivity index (χ2n) is 6.67. The van der Waals surface area contributed by atoms with E-state index in [2.05, 4.69) is 5.16 Å². The van der Waals surface area contributed by atoms with Gasteiger partial charge in [-0.15, -0.1) is 0 Å². The molecule has 130 valence electrons. The van der Waals surface area contributed by atoms with Crippen molar-refractivity contribution >= 4 is 12.3 Å². The van der Waals surface area contributed by atoms with Crippen molar-refractivity contribution in [2.75, 3.05) is 0 Å². The molecule has 1 saturated carbocycles. The molecule has 1 fully saturated rings. The van der Waals surface area contributed by atoms with E-state index in [0.29, 0.717) is 29.9 Å². The summed E-state index contributed by atoms with van der Waals surface area (Å²) in [5.74, 6) is -0.278. The van der Waals surface area contributed by atoms with Gasteiger partial charge in [-0.25, -0.2) is 0 Å². The fourth-order valence-corrected chi connectivity index (χ4v) is 3.27. The fraction of sp³-hybridized carbons (Fsp3) is 0.190. The molecule has 0 saturated heterocycles. The molecule has 0 aliphatic heterocycles. The van der Waals surface area contributed by atoms with E-state index >= 15 is 0 Å². The number of aromatic nitrogens is 1. The molecule has 4 rings (SSSR count). The SMILES string of the molecule is Cc1noc(-c2ccc(-c3ccc(C4(C(=O)O)CC4)cc3)cc2)c1C=O. The third-order valence-corrected chi connectivity index (χ3v) is 5.10. The second kappa shape index (κ2) is 5.95. The molecule has 5 heteroatoms. The highest BCUT2D eigenvalue weighted by Crippen LogP contribution is 2.48. The van der Waals surface area contributed by atoms with Crippen LogP contribution in [-0.2, 0) is 10.2 Å². The number of carbonyl (C=O) groups is 2. The van der Waals surface area contributed by atoms with Gasteiger partial charge in [0.2, 0.25) is 0 Å². The molecule has 0 bridgehead atoms. The third kappa shape index (κ3) is 2.52. The molecule has 26 heavy (non-hydrogen) atoms. The zero-order chi connectivity index (χ0) is 18.3. The maximum Gasteiger partial charge on any atom is 0.314 e. The normalized spacial score (nSPS) is 14.8. The number of aryl methyl sites for hydroxylation is 1. The van der Waals surface area contributed by atoms with Gasteiger partial charge in [-0.3, -0.25) is 9.59 Å². The molecule has 1 heterocycles. The molecule has 1 aromatic heterocycles. The molecule has 1 aliphatic rings. The topological polar surface area (TPSA) is 80.4 Å². The van der Waals surface area contributed by atoms with Crippen molar-refractivity contribution in [3.05, 3.63) is 65.4 Å². The summed E-state index contributed by atoms with van der Waals surface area (Å²) in [5, 5.41) is 13.2. The summed E-state index contributed by atoms with van der Waals surface area (Å²) in [6.07, 6.45) is 2.15. The third-order valence-electron chi connectivity index (χ3n) is 5.10. The molecular weight excluding hydrogens is 330 g/mol. The van der Waals surface area contributed by atoms with E-state index in [1.165, 1.54) is 0 Å². The minimum Gasteiger partial charge on any atom is -0.481 e. The van der Waals surface area contributed by atoms with Crippen LogP contribution in [0.5, 0.6) is 0 Å². The number of rotatable bonds is 5. The standard InChI is InChI=1S/C21H17NO4/c1-13-18(12-23)19(26-22-13)16-4-2-14(3-5-16)15-6-8-17(9-7-15)21(10-11-21)20(24)25/h2-9,12H,10-11H2,1H3,(H,24,25). The Kier molecular flexibility index (Phi) is 3.72. The number of nitrogens with zero attached hydrogens (tertiary/aromatic N) is 1.